The fraction of sp³-hybridized carbons (Fsp3) is 0.533. The van der Waals surface area contributed by atoms with Gasteiger partial charge in [-0.25, -0.2) is 0 Å². The minimum absolute atomic E-state index is 0.0388. The lowest BCUT2D eigenvalue weighted by Gasteiger charge is -2.31. The summed E-state index contributed by atoms with van der Waals surface area (Å²) in [6.07, 6.45) is 2.15. The zero-order valence-corrected chi connectivity index (χ0v) is 12.7. The number of nitrogens with one attached hydrogen (secondary N) is 2. The number of H-pyrrole nitrogens is 1. The number of aromatic nitrogens is 2. The van der Waals surface area contributed by atoms with Gasteiger partial charge in [0.05, 0.1) is 30.2 Å². The molecule has 1 aromatic heterocycles. The molecular formula is C15H17N7O. The lowest BCUT2D eigenvalue weighted by molar-refractivity contribution is -0.121. The van der Waals surface area contributed by atoms with Gasteiger partial charge >= 0.3 is 0 Å². The fourth-order valence-electron chi connectivity index (χ4n) is 2.70. The van der Waals surface area contributed by atoms with Crippen molar-refractivity contribution >= 4 is 11.7 Å². The zero-order valence-electron chi connectivity index (χ0n) is 12.7. The van der Waals surface area contributed by atoms with Crippen molar-refractivity contribution in [2.45, 2.75) is 25.7 Å². The molecule has 23 heavy (non-hydrogen) atoms. The molecule has 0 bridgehead atoms. The predicted octanol–water partition coefficient (Wildman–Crippen LogP) is 0.912. The first-order valence-electron chi connectivity index (χ1n) is 7.44. The number of amides is 1. The van der Waals surface area contributed by atoms with Crippen molar-refractivity contribution in [3.63, 3.8) is 0 Å². The third-order valence-corrected chi connectivity index (χ3v) is 3.87. The monoisotopic (exact) mass is 311 g/mol. The van der Waals surface area contributed by atoms with E-state index in [4.69, 9.17) is 15.8 Å². The van der Waals surface area contributed by atoms with Crippen LogP contribution in [-0.4, -0.2) is 40.6 Å². The normalized spacial score (nSPS) is 17.7. The lowest BCUT2D eigenvalue weighted by Crippen LogP contribution is -2.41. The molecule has 0 aromatic carbocycles. The van der Waals surface area contributed by atoms with Crippen LogP contribution >= 0.6 is 0 Å². The summed E-state index contributed by atoms with van der Waals surface area (Å²) in [6.45, 7) is 2.16. The second-order valence-corrected chi connectivity index (χ2v) is 5.41. The Hall–Kier alpha value is -2.89. The van der Waals surface area contributed by atoms with Gasteiger partial charge in [0.15, 0.2) is 5.82 Å². The van der Waals surface area contributed by atoms with Crippen molar-refractivity contribution in [3.8, 4) is 18.2 Å². The molecule has 1 unspecified atom stereocenters. The summed E-state index contributed by atoms with van der Waals surface area (Å²) < 4.78 is 0. The predicted molar refractivity (Wildman–Crippen MR) is 80.6 cm³/mol. The molecule has 2 heterocycles. The van der Waals surface area contributed by atoms with Crippen LogP contribution in [0.3, 0.4) is 0 Å². The fourth-order valence-corrected chi connectivity index (χ4v) is 2.70. The molecule has 1 saturated heterocycles. The standard InChI is InChI=1S/C15H17N7O/c16-5-2-8-22-7-1-3-11(10-22)15(23)19-14-12(9-18)13(4-6-17)20-21-14/h11H,1-4,7-8,10H2,(H2,19,20,21,23). The van der Waals surface area contributed by atoms with E-state index in [0.29, 0.717) is 25.2 Å². The van der Waals surface area contributed by atoms with E-state index in [2.05, 4.69) is 26.5 Å². The topological polar surface area (TPSA) is 132 Å². The van der Waals surface area contributed by atoms with E-state index in [1.54, 1.807) is 0 Å². The lowest BCUT2D eigenvalue weighted by atomic mass is 9.97. The van der Waals surface area contributed by atoms with E-state index in [0.717, 1.165) is 19.4 Å². The van der Waals surface area contributed by atoms with Gasteiger partial charge in [0.2, 0.25) is 5.91 Å². The van der Waals surface area contributed by atoms with Crippen LogP contribution in [0.2, 0.25) is 0 Å². The minimum atomic E-state index is -0.190. The quantitative estimate of drug-likeness (QED) is 0.830. The van der Waals surface area contributed by atoms with Crippen molar-refractivity contribution in [1.82, 2.24) is 15.1 Å². The smallest absolute Gasteiger partial charge is 0.230 e. The molecule has 0 aliphatic carbocycles. The van der Waals surface area contributed by atoms with E-state index < -0.39 is 0 Å². The van der Waals surface area contributed by atoms with Gasteiger partial charge in [-0.2, -0.15) is 20.9 Å². The first-order chi connectivity index (χ1) is 11.2. The largest absolute Gasteiger partial charge is 0.308 e. The second-order valence-electron chi connectivity index (χ2n) is 5.41. The van der Waals surface area contributed by atoms with Crippen LogP contribution in [0.15, 0.2) is 0 Å². The minimum Gasteiger partial charge on any atom is -0.308 e. The Morgan fingerprint density at radius 1 is 1.39 bits per heavy atom. The van der Waals surface area contributed by atoms with Crippen molar-refractivity contribution in [3.05, 3.63) is 11.3 Å². The number of aromatic amines is 1. The Morgan fingerprint density at radius 3 is 2.91 bits per heavy atom. The molecule has 0 spiro atoms. The highest BCUT2D eigenvalue weighted by Crippen LogP contribution is 2.21. The highest BCUT2D eigenvalue weighted by molar-refractivity contribution is 5.93. The molecule has 8 heteroatoms. The van der Waals surface area contributed by atoms with E-state index in [9.17, 15) is 4.79 Å². The van der Waals surface area contributed by atoms with Crippen molar-refractivity contribution < 1.29 is 4.79 Å². The van der Waals surface area contributed by atoms with Gasteiger partial charge in [-0.05, 0) is 19.4 Å². The number of hydrogen-bond donors (Lipinski definition) is 2. The van der Waals surface area contributed by atoms with Crippen LogP contribution < -0.4 is 5.32 Å². The first-order valence-corrected chi connectivity index (χ1v) is 7.44. The maximum Gasteiger partial charge on any atom is 0.230 e. The van der Waals surface area contributed by atoms with Gasteiger partial charge in [-0.1, -0.05) is 0 Å². The Bertz CT molecular complexity index is 688. The zero-order chi connectivity index (χ0) is 16.7. The summed E-state index contributed by atoms with van der Waals surface area (Å²) in [6, 6.07) is 6.02. The van der Waals surface area contributed by atoms with E-state index in [1.165, 1.54) is 0 Å². The molecule has 1 amide bonds. The van der Waals surface area contributed by atoms with Crippen molar-refractivity contribution in [2.24, 2.45) is 5.92 Å². The van der Waals surface area contributed by atoms with Gasteiger partial charge < -0.3 is 10.2 Å². The SMILES string of the molecule is N#CCCN1CCCC(C(=O)Nc2n[nH]c(CC#N)c2C#N)C1. The van der Waals surface area contributed by atoms with Gasteiger partial charge in [-0.15, -0.1) is 0 Å². The van der Waals surface area contributed by atoms with E-state index in [-0.39, 0.29) is 29.6 Å². The van der Waals surface area contributed by atoms with E-state index in [1.807, 2.05) is 12.1 Å². The number of carbonyl (C=O) groups excluding carboxylic acids is 1. The third-order valence-electron chi connectivity index (χ3n) is 3.87. The molecular weight excluding hydrogens is 294 g/mol. The summed E-state index contributed by atoms with van der Waals surface area (Å²) >= 11 is 0. The Labute approximate surface area is 134 Å². The summed E-state index contributed by atoms with van der Waals surface area (Å²) in [5, 5.41) is 35.7. The van der Waals surface area contributed by atoms with Crippen LogP contribution in [0, 0.1) is 39.9 Å². The van der Waals surface area contributed by atoms with Crippen LogP contribution in [0.5, 0.6) is 0 Å². The molecule has 2 N–H and O–H groups in total. The molecule has 0 saturated carbocycles. The molecule has 0 radical (unpaired) electrons. The molecule has 8 nitrogen and oxygen atoms in total. The molecule has 118 valence electrons. The summed E-state index contributed by atoms with van der Waals surface area (Å²) in [7, 11) is 0. The van der Waals surface area contributed by atoms with Gasteiger partial charge in [0, 0.05) is 19.5 Å². The van der Waals surface area contributed by atoms with Gasteiger partial charge in [0.1, 0.15) is 11.6 Å². The highest BCUT2D eigenvalue weighted by Gasteiger charge is 2.27. The van der Waals surface area contributed by atoms with Crippen LogP contribution in [0.1, 0.15) is 30.5 Å². The first kappa shape index (κ1) is 16.5. The van der Waals surface area contributed by atoms with Crippen molar-refractivity contribution in [1.29, 1.82) is 15.8 Å². The second kappa shape index (κ2) is 7.93. The Kier molecular flexibility index (Phi) is 5.68. The Morgan fingerprint density at radius 2 is 2.22 bits per heavy atom. The van der Waals surface area contributed by atoms with Crippen LogP contribution in [0.25, 0.3) is 0 Å². The third kappa shape index (κ3) is 4.06. The Balaban J connectivity index is 2.01. The maximum atomic E-state index is 12.4. The average molecular weight is 311 g/mol. The number of nitrogens with zero attached hydrogens (tertiary/aromatic N) is 5. The summed E-state index contributed by atoms with van der Waals surface area (Å²) in [4.78, 5) is 14.5. The summed E-state index contributed by atoms with van der Waals surface area (Å²) in [5.41, 5.74) is 0.613. The number of anilines is 1. The molecule has 1 atom stereocenters. The average Bonchev–Trinajstić information content (AvgIpc) is 2.95. The number of rotatable bonds is 5. The number of likely N-dealkylation sites (tertiary alicyclic amines) is 1. The highest BCUT2D eigenvalue weighted by atomic mass is 16.2. The molecule has 1 fully saturated rings. The number of piperidine rings is 1. The van der Waals surface area contributed by atoms with Crippen LogP contribution in [0.4, 0.5) is 5.82 Å². The van der Waals surface area contributed by atoms with Crippen molar-refractivity contribution in [2.75, 3.05) is 25.0 Å². The number of carbonyl (C=O) groups is 1. The maximum absolute atomic E-state index is 12.4. The number of nitriles is 3. The van der Waals surface area contributed by atoms with Gasteiger partial charge in [-0.3, -0.25) is 9.89 Å². The van der Waals surface area contributed by atoms with Gasteiger partial charge in [0.25, 0.3) is 0 Å². The van der Waals surface area contributed by atoms with E-state index >= 15 is 0 Å². The molecule has 2 rings (SSSR count). The number of hydrogen-bond acceptors (Lipinski definition) is 6. The molecule has 1 aromatic rings. The molecule has 1 aliphatic rings. The van der Waals surface area contributed by atoms with Crippen LogP contribution in [-0.2, 0) is 11.2 Å². The summed E-state index contributed by atoms with van der Waals surface area (Å²) in [5.74, 6) is -0.194. The molecule has 1 aliphatic heterocycles.